The first-order chi connectivity index (χ1) is 14.4. The molecule has 0 N–H and O–H groups in total. The summed E-state index contributed by atoms with van der Waals surface area (Å²) < 4.78 is 11.8. The van der Waals surface area contributed by atoms with E-state index in [1.807, 2.05) is 51.4 Å². The molecule has 0 saturated carbocycles. The molecule has 0 saturated heterocycles. The van der Waals surface area contributed by atoms with E-state index in [2.05, 4.69) is 4.90 Å². The van der Waals surface area contributed by atoms with Crippen LogP contribution in [0.1, 0.15) is 17.5 Å². The van der Waals surface area contributed by atoms with Crippen molar-refractivity contribution in [3.63, 3.8) is 0 Å². The topological polar surface area (TPSA) is 54.9 Å². The van der Waals surface area contributed by atoms with Crippen molar-refractivity contribution < 1.29 is 14.3 Å². The van der Waals surface area contributed by atoms with Crippen LogP contribution in [-0.4, -0.2) is 49.8 Å². The number of ether oxygens (including phenoxy) is 2. The summed E-state index contributed by atoms with van der Waals surface area (Å²) in [7, 11) is 4.06. The van der Waals surface area contributed by atoms with E-state index in [0.717, 1.165) is 34.3 Å². The second-order valence-electron chi connectivity index (χ2n) is 7.58. The van der Waals surface area contributed by atoms with Gasteiger partial charge >= 0.3 is 0 Å². The van der Waals surface area contributed by atoms with Gasteiger partial charge in [-0.15, -0.1) is 12.4 Å². The summed E-state index contributed by atoms with van der Waals surface area (Å²) in [6, 6.07) is 9.48. The molecule has 31 heavy (non-hydrogen) atoms. The molecule has 1 aliphatic heterocycles. The van der Waals surface area contributed by atoms with Gasteiger partial charge in [0.2, 0.25) is 12.7 Å². The molecule has 1 aliphatic rings. The van der Waals surface area contributed by atoms with Crippen LogP contribution in [0.3, 0.4) is 0 Å². The molecule has 4 rings (SSSR count). The van der Waals surface area contributed by atoms with Gasteiger partial charge in [-0.1, -0.05) is 29.0 Å². The van der Waals surface area contributed by atoms with Crippen molar-refractivity contribution in [1.29, 1.82) is 0 Å². The molecule has 2 heterocycles. The van der Waals surface area contributed by atoms with Crippen LogP contribution in [0.4, 0.5) is 5.13 Å². The third kappa shape index (κ3) is 5.23. The zero-order chi connectivity index (χ0) is 21.3. The fourth-order valence-corrected chi connectivity index (χ4v) is 4.62. The standard InChI is InChI=1S/C22H24ClN3O3S.ClH/c1-14-16(23)6-8-19-21(14)24-22(30-19)26(10-4-9-25(2)3)20(27)12-15-5-7-17-18(11-15)29-13-28-17;/h5-8,11H,4,9-10,12-13H2,1-3H3;1H. The Morgan fingerprint density at radius 3 is 2.71 bits per heavy atom. The van der Waals surface area contributed by atoms with E-state index in [1.165, 1.54) is 11.3 Å². The molecule has 0 spiro atoms. The minimum atomic E-state index is 0. The monoisotopic (exact) mass is 481 g/mol. The van der Waals surface area contributed by atoms with Crippen LogP contribution in [0.25, 0.3) is 10.2 Å². The second kappa shape index (κ2) is 10.0. The predicted molar refractivity (Wildman–Crippen MR) is 128 cm³/mol. The molecule has 9 heteroatoms. The lowest BCUT2D eigenvalue weighted by Crippen LogP contribution is -2.34. The van der Waals surface area contributed by atoms with E-state index in [4.69, 9.17) is 26.1 Å². The summed E-state index contributed by atoms with van der Waals surface area (Å²) in [5, 5.41) is 1.39. The predicted octanol–water partition coefficient (Wildman–Crippen LogP) is 4.94. The van der Waals surface area contributed by atoms with Crippen molar-refractivity contribution in [1.82, 2.24) is 9.88 Å². The summed E-state index contributed by atoms with van der Waals surface area (Å²) in [5.74, 6) is 1.41. The van der Waals surface area contributed by atoms with Crippen molar-refractivity contribution in [2.45, 2.75) is 19.8 Å². The SMILES string of the molecule is Cc1c(Cl)ccc2sc(N(CCCN(C)C)C(=O)Cc3ccc4c(c3)OCO4)nc12.Cl. The van der Waals surface area contributed by atoms with Crippen LogP contribution >= 0.6 is 35.3 Å². The zero-order valence-electron chi connectivity index (χ0n) is 17.7. The molecule has 0 aliphatic carbocycles. The quantitative estimate of drug-likeness (QED) is 0.478. The third-order valence-electron chi connectivity index (χ3n) is 5.05. The Hall–Kier alpha value is -2.06. The van der Waals surface area contributed by atoms with Gasteiger partial charge in [-0.2, -0.15) is 0 Å². The molecule has 0 fully saturated rings. The molecule has 0 atom stereocenters. The summed E-state index contributed by atoms with van der Waals surface area (Å²) in [6.07, 6.45) is 1.13. The maximum absolute atomic E-state index is 13.3. The highest BCUT2D eigenvalue weighted by molar-refractivity contribution is 7.22. The Balaban J connectivity index is 0.00000272. The molecular weight excluding hydrogens is 457 g/mol. The van der Waals surface area contributed by atoms with Gasteiger partial charge in [-0.3, -0.25) is 9.69 Å². The van der Waals surface area contributed by atoms with E-state index in [0.29, 0.717) is 28.2 Å². The van der Waals surface area contributed by atoms with Crippen molar-refractivity contribution in [3.05, 3.63) is 46.5 Å². The Kier molecular flexibility index (Phi) is 7.64. The van der Waals surface area contributed by atoms with Gasteiger partial charge in [0.05, 0.1) is 16.6 Å². The number of halogens is 2. The Morgan fingerprint density at radius 2 is 1.94 bits per heavy atom. The average molecular weight is 482 g/mol. The highest BCUT2D eigenvalue weighted by Crippen LogP contribution is 2.35. The highest BCUT2D eigenvalue weighted by atomic mass is 35.5. The van der Waals surface area contributed by atoms with Crippen LogP contribution in [0.2, 0.25) is 5.02 Å². The normalized spacial score (nSPS) is 12.3. The number of benzene rings is 2. The minimum Gasteiger partial charge on any atom is -0.454 e. The number of fused-ring (bicyclic) bond motifs is 2. The van der Waals surface area contributed by atoms with Gasteiger partial charge in [-0.25, -0.2) is 4.98 Å². The first kappa shape index (κ1) is 23.6. The number of carbonyl (C=O) groups is 1. The van der Waals surface area contributed by atoms with E-state index in [1.54, 1.807) is 4.90 Å². The molecule has 166 valence electrons. The molecule has 0 bridgehead atoms. The van der Waals surface area contributed by atoms with Gasteiger partial charge < -0.3 is 14.4 Å². The molecule has 0 unspecified atom stereocenters. The first-order valence-electron chi connectivity index (χ1n) is 9.81. The number of amides is 1. The van der Waals surface area contributed by atoms with Crippen molar-refractivity contribution >= 4 is 56.6 Å². The fraction of sp³-hybridized carbons (Fsp3) is 0.364. The minimum absolute atomic E-state index is 0. The second-order valence-corrected chi connectivity index (χ2v) is 9.00. The number of aryl methyl sites for hydroxylation is 1. The van der Waals surface area contributed by atoms with Crippen LogP contribution in [0, 0.1) is 6.92 Å². The number of hydrogen-bond donors (Lipinski definition) is 0. The maximum Gasteiger partial charge on any atom is 0.233 e. The van der Waals surface area contributed by atoms with Crippen molar-refractivity contribution in [2.24, 2.45) is 0 Å². The van der Waals surface area contributed by atoms with E-state index in [-0.39, 0.29) is 31.5 Å². The van der Waals surface area contributed by atoms with Crippen LogP contribution in [-0.2, 0) is 11.2 Å². The van der Waals surface area contributed by atoms with Crippen molar-refractivity contribution in [2.75, 3.05) is 38.9 Å². The maximum atomic E-state index is 13.3. The summed E-state index contributed by atoms with van der Waals surface area (Å²) in [5.41, 5.74) is 2.69. The summed E-state index contributed by atoms with van der Waals surface area (Å²) >= 11 is 7.79. The number of anilines is 1. The Labute approximate surface area is 197 Å². The molecular formula is C22H25Cl2N3O3S. The molecule has 3 aromatic rings. The highest BCUT2D eigenvalue weighted by Gasteiger charge is 2.22. The number of rotatable bonds is 7. The lowest BCUT2D eigenvalue weighted by Gasteiger charge is -2.21. The molecule has 1 amide bonds. The molecule has 2 aromatic carbocycles. The van der Waals surface area contributed by atoms with Crippen LogP contribution in [0.15, 0.2) is 30.3 Å². The summed E-state index contributed by atoms with van der Waals surface area (Å²) in [4.78, 5) is 22.0. The summed E-state index contributed by atoms with van der Waals surface area (Å²) in [6.45, 7) is 3.67. The van der Waals surface area contributed by atoms with Gasteiger partial charge in [-0.05, 0) is 69.4 Å². The lowest BCUT2D eigenvalue weighted by atomic mass is 10.1. The lowest BCUT2D eigenvalue weighted by molar-refractivity contribution is -0.118. The smallest absolute Gasteiger partial charge is 0.233 e. The van der Waals surface area contributed by atoms with E-state index in [9.17, 15) is 4.79 Å². The number of aromatic nitrogens is 1. The van der Waals surface area contributed by atoms with E-state index < -0.39 is 0 Å². The number of hydrogen-bond acceptors (Lipinski definition) is 6. The molecule has 6 nitrogen and oxygen atoms in total. The zero-order valence-corrected chi connectivity index (χ0v) is 20.1. The average Bonchev–Trinajstić information content (AvgIpc) is 3.34. The molecule has 0 radical (unpaired) electrons. The fourth-order valence-electron chi connectivity index (χ4n) is 3.40. The van der Waals surface area contributed by atoms with Gasteiger partial charge in [0.15, 0.2) is 16.6 Å². The van der Waals surface area contributed by atoms with Crippen LogP contribution < -0.4 is 14.4 Å². The largest absolute Gasteiger partial charge is 0.454 e. The number of nitrogens with zero attached hydrogens (tertiary/aromatic N) is 3. The van der Waals surface area contributed by atoms with Gasteiger partial charge in [0, 0.05) is 11.6 Å². The molecule has 1 aromatic heterocycles. The first-order valence-corrected chi connectivity index (χ1v) is 11.0. The Morgan fingerprint density at radius 1 is 1.16 bits per heavy atom. The van der Waals surface area contributed by atoms with E-state index >= 15 is 0 Å². The van der Waals surface area contributed by atoms with Gasteiger partial charge in [0.25, 0.3) is 0 Å². The van der Waals surface area contributed by atoms with Gasteiger partial charge in [0.1, 0.15) is 0 Å². The van der Waals surface area contributed by atoms with Crippen LogP contribution in [0.5, 0.6) is 11.5 Å². The Bertz CT molecular complexity index is 1090. The third-order valence-corrected chi connectivity index (χ3v) is 6.50. The number of carbonyl (C=O) groups excluding carboxylic acids is 1. The van der Waals surface area contributed by atoms with Crippen molar-refractivity contribution in [3.8, 4) is 11.5 Å². The number of thiazole rings is 1.